The number of hydrogen-bond acceptors (Lipinski definition) is 3. The molecular weight excluding hydrogens is 256 g/mol. The number of aromatic amines is 1. The second-order valence-electron chi connectivity index (χ2n) is 4.28. The first-order chi connectivity index (χ1) is 9.70. The zero-order chi connectivity index (χ0) is 14.4. The van der Waals surface area contributed by atoms with Gasteiger partial charge >= 0.3 is 0 Å². The van der Waals surface area contributed by atoms with Gasteiger partial charge in [-0.3, -0.25) is 9.59 Å². The lowest BCUT2D eigenvalue weighted by Gasteiger charge is -2.10. The number of carbonyl (C=O) groups is 1. The zero-order valence-electron chi connectivity index (χ0n) is 11.2. The SMILES string of the molecule is COCCc1ccccc1NC(=O)c1cccc(=O)[nH]1. The van der Waals surface area contributed by atoms with E-state index in [0.717, 1.165) is 11.3 Å². The number of ether oxygens (including phenoxy) is 1. The van der Waals surface area contributed by atoms with Gasteiger partial charge in [-0.25, -0.2) is 0 Å². The minimum absolute atomic E-state index is 0.235. The van der Waals surface area contributed by atoms with E-state index in [2.05, 4.69) is 10.3 Å². The third-order valence-electron chi connectivity index (χ3n) is 2.85. The lowest BCUT2D eigenvalue weighted by molar-refractivity contribution is 0.102. The quantitative estimate of drug-likeness (QED) is 0.872. The maximum absolute atomic E-state index is 12.1. The fraction of sp³-hybridized carbons (Fsp3) is 0.200. The lowest BCUT2D eigenvalue weighted by atomic mass is 10.1. The number of carbonyl (C=O) groups excluding carboxylic acids is 1. The first-order valence-corrected chi connectivity index (χ1v) is 6.28. The van der Waals surface area contributed by atoms with Gasteiger partial charge in [-0.15, -0.1) is 0 Å². The van der Waals surface area contributed by atoms with Crippen molar-refractivity contribution in [2.75, 3.05) is 19.0 Å². The molecule has 1 aromatic heterocycles. The number of rotatable bonds is 5. The maximum Gasteiger partial charge on any atom is 0.272 e. The van der Waals surface area contributed by atoms with Crippen molar-refractivity contribution < 1.29 is 9.53 Å². The molecule has 5 nitrogen and oxygen atoms in total. The molecule has 0 unspecified atom stereocenters. The second kappa shape index (κ2) is 6.68. The van der Waals surface area contributed by atoms with Crippen LogP contribution in [0, 0.1) is 0 Å². The minimum atomic E-state index is -0.340. The third-order valence-corrected chi connectivity index (χ3v) is 2.85. The van der Waals surface area contributed by atoms with Crippen LogP contribution < -0.4 is 10.9 Å². The predicted octanol–water partition coefficient (Wildman–Crippen LogP) is 1.82. The van der Waals surface area contributed by atoms with Crippen molar-refractivity contribution in [1.82, 2.24) is 4.98 Å². The lowest BCUT2D eigenvalue weighted by Crippen LogP contribution is -2.18. The molecule has 0 bridgehead atoms. The Bertz CT molecular complexity index is 649. The molecule has 2 N–H and O–H groups in total. The van der Waals surface area contributed by atoms with E-state index in [1.807, 2.05) is 24.3 Å². The number of aromatic nitrogens is 1. The summed E-state index contributed by atoms with van der Waals surface area (Å²) in [5.74, 6) is -0.340. The zero-order valence-corrected chi connectivity index (χ0v) is 11.2. The van der Waals surface area contributed by atoms with Crippen LogP contribution >= 0.6 is 0 Å². The van der Waals surface area contributed by atoms with E-state index in [4.69, 9.17) is 4.74 Å². The van der Waals surface area contributed by atoms with Crippen molar-refractivity contribution >= 4 is 11.6 Å². The summed E-state index contributed by atoms with van der Waals surface area (Å²) in [5, 5.41) is 2.80. The van der Waals surface area contributed by atoms with E-state index < -0.39 is 0 Å². The Hall–Kier alpha value is -2.40. The molecule has 0 radical (unpaired) electrons. The number of anilines is 1. The van der Waals surface area contributed by atoms with Gasteiger partial charge in [-0.2, -0.15) is 0 Å². The normalized spacial score (nSPS) is 10.2. The van der Waals surface area contributed by atoms with Crippen LogP contribution in [0.5, 0.6) is 0 Å². The first kappa shape index (κ1) is 14.0. The highest BCUT2D eigenvalue weighted by Gasteiger charge is 2.09. The summed E-state index contributed by atoms with van der Waals surface area (Å²) in [6, 6.07) is 12.0. The Kier molecular flexibility index (Phi) is 4.68. The average molecular weight is 272 g/mol. The molecule has 1 aromatic carbocycles. The monoisotopic (exact) mass is 272 g/mol. The molecule has 0 spiro atoms. The van der Waals surface area contributed by atoms with Gasteiger partial charge in [0.15, 0.2) is 0 Å². The van der Waals surface area contributed by atoms with Crippen molar-refractivity contribution in [3.8, 4) is 0 Å². The summed E-state index contributed by atoms with van der Waals surface area (Å²) in [6.45, 7) is 0.578. The molecule has 0 aliphatic heterocycles. The van der Waals surface area contributed by atoms with Gasteiger partial charge in [-0.1, -0.05) is 24.3 Å². The van der Waals surface area contributed by atoms with Crippen molar-refractivity contribution in [2.24, 2.45) is 0 Å². The van der Waals surface area contributed by atoms with E-state index in [-0.39, 0.29) is 17.2 Å². The van der Waals surface area contributed by atoms with Gasteiger partial charge < -0.3 is 15.0 Å². The average Bonchev–Trinajstić information content (AvgIpc) is 2.46. The largest absolute Gasteiger partial charge is 0.384 e. The molecule has 0 fully saturated rings. The molecule has 20 heavy (non-hydrogen) atoms. The number of para-hydroxylation sites is 1. The molecule has 1 heterocycles. The van der Waals surface area contributed by atoms with Gasteiger partial charge in [0.2, 0.25) is 5.56 Å². The first-order valence-electron chi connectivity index (χ1n) is 6.28. The van der Waals surface area contributed by atoms with Crippen molar-refractivity contribution in [3.63, 3.8) is 0 Å². The van der Waals surface area contributed by atoms with Gasteiger partial charge in [0.1, 0.15) is 5.69 Å². The van der Waals surface area contributed by atoms with E-state index in [1.165, 1.54) is 6.07 Å². The highest BCUT2D eigenvalue weighted by Crippen LogP contribution is 2.16. The standard InChI is InChI=1S/C15H16N2O3/c1-20-10-9-11-5-2-3-6-12(11)17-15(19)13-7-4-8-14(18)16-13/h2-8H,9-10H2,1H3,(H,16,18)(H,17,19). The number of nitrogens with one attached hydrogen (secondary N) is 2. The number of benzene rings is 1. The molecule has 5 heteroatoms. The molecule has 0 aliphatic carbocycles. The van der Waals surface area contributed by atoms with Crippen molar-refractivity contribution in [2.45, 2.75) is 6.42 Å². The van der Waals surface area contributed by atoms with Crippen LogP contribution in [0.1, 0.15) is 16.1 Å². The minimum Gasteiger partial charge on any atom is -0.384 e. The Morgan fingerprint density at radius 2 is 2.00 bits per heavy atom. The maximum atomic E-state index is 12.1. The Morgan fingerprint density at radius 3 is 2.75 bits per heavy atom. The topological polar surface area (TPSA) is 71.2 Å². The summed E-state index contributed by atoms with van der Waals surface area (Å²) < 4.78 is 5.05. The van der Waals surface area contributed by atoms with E-state index in [0.29, 0.717) is 13.0 Å². The summed E-state index contributed by atoms with van der Waals surface area (Å²) in [5.41, 5.74) is 1.64. The van der Waals surface area contributed by atoms with Crippen LogP contribution in [0.3, 0.4) is 0 Å². The van der Waals surface area contributed by atoms with E-state index >= 15 is 0 Å². The molecular formula is C15H16N2O3. The van der Waals surface area contributed by atoms with Gasteiger partial charge in [-0.05, 0) is 24.1 Å². The van der Waals surface area contributed by atoms with Gasteiger partial charge in [0, 0.05) is 18.9 Å². The van der Waals surface area contributed by atoms with Crippen LogP contribution in [-0.4, -0.2) is 24.6 Å². The number of H-pyrrole nitrogens is 1. The van der Waals surface area contributed by atoms with Gasteiger partial charge in [0.25, 0.3) is 5.91 Å². The Balaban J connectivity index is 2.17. The smallest absolute Gasteiger partial charge is 0.272 e. The number of hydrogen-bond donors (Lipinski definition) is 2. The molecule has 104 valence electrons. The third kappa shape index (κ3) is 3.55. The molecule has 0 saturated heterocycles. The predicted molar refractivity (Wildman–Crippen MR) is 77.0 cm³/mol. The van der Waals surface area contributed by atoms with E-state index in [9.17, 15) is 9.59 Å². The van der Waals surface area contributed by atoms with Gasteiger partial charge in [0.05, 0.1) is 6.61 Å². The molecule has 2 rings (SSSR count). The van der Waals surface area contributed by atoms with Crippen LogP contribution in [0.15, 0.2) is 47.3 Å². The summed E-state index contributed by atoms with van der Waals surface area (Å²) in [4.78, 5) is 25.8. The summed E-state index contributed by atoms with van der Waals surface area (Å²) in [6.07, 6.45) is 0.707. The molecule has 0 aliphatic rings. The summed E-state index contributed by atoms with van der Waals surface area (Å²) in [7, 11) is 1.63. The number of methoxy groups -OCH3 is 1. The summed E-state index contributed by atoms with van der Waals surface area (Å²) >= 11 is 0. The van der Waals surface area contributed by atoms with Crippen molar-refractivity contribution in [1.29, 1.82) is 0 Å². The van der Waals surface area contributed by atoms with Crippen molar-refractivity contribution in [3.05, 3.63) is 64.1 Å². The fourth-order valence-corrected chi connectivity index (χ4v) is 1.84. The Labute approximate surface area is 116 Å². The molecule has 2 aromatic rings. The van der Waals surface area contributed by atoms with Crippen LogP contribution in [0.2, 0.25) is 0 Å². The van der Waals surface area contributed by atoms with Crippen LogP contribution in [-0.2, 0) is 11.2 Å². The highest BCUT2D eigenvalue weighted by molar-refractivity contribution is 6.03. The van der Waals surface area contributed by atoms with E-state index in [1.54, 1.807) is 19.2 Å². The Morgan fingerprint density at radius 1 is 1.20 bits per heavy atom. The number of amides is 1. The number of pyridine rings is 1. The molecule has 1 amide bonds. The fourth-order valence-electron chi connectivity index (χ4n) is 1.84. The van der Waals surface area contributed by atoms with Crippen LogP contribution in [0.4, 0.5) is 5.69 Å². The highest BCUT2D eigenvalue weighted by atomic mass is 16.5. The molecule has 0 atom stereocenters. The molecule has 0 saturated carbocycles. The van der Waals surface area contributed by atoms with Crippen LogP contribution in [0.25, 0.3) is 0 Å². The second-order valence-corrected chi connectivity index (χ2v) is 4.28.